The van der Waals surface area contributed by atoms with E-state index in [0.717, 1.165) is 15.6 Å². The van der Waals surface area contributed by atoms with Crippen molar-refractivity contribution < 1.29 is 21.6 Å². The molecule has 0 aliphatic carbocycles. The maximum atomic E-state index is 12.7. The molecule has 1 fully saturated rings. The maximum Gasteiger partial charge on any atom is 0.252 e. The van der Waals surface area contributed by atoms with Crippen LogP contribution in [-0.4, -0.2) is 58.5 Å². The highest BCUT2D eigenvalue weighted by Gasteiger charge is 2.33. The number of halogens is 1. The monoisotopic (exact) mass is 491 g/mol. The van der Waals surface area contributed by atoms with E-state index in [4.69, 9.17) is 11.6 Å². The second kappa shape index (κ2) is 8.93. The van der Waals surface area contributed by atoms with Crippen molar-refractivity contribution in [3.05, 3.63) is 40.7 Å². The van der Waals surface area contributed by atoms with Gasteiger partial charge in [0.2, 0.25) is 15.9 Å². The van der Waals surface area contributed by atoms with Crippen molar-refractivity contribution in [3.63, 3.8) is 0 Å². The number of hydrogen-bond donors (Lipinski definition) is 1. The number of carbonyl (C=O) groups is 1. The van der Waals surface area contributed by atoms with Crippen LogP contribution in [0.15, 0.2) is 44.8 Å². The molecule has 1 saturated heterocycles. The Morgan fingerprint density at radius 1 is 1.17 bits per heavy atom. The number of hydrogen-bond acceptors (Lipinski definition) is 6. The van der Waals surface area contributed by atoms with Crippen LogP contribution in [-0.2, 0) is 24.8 Å². The van der Waals surface area contributed by atoms with Gasteiger partial charge in [-0.3, -0.25) is 4.79 Å². The molecule has 2 heterocycles. The minimum absolute atomic E-state index is 0.0176. The molecule has 164 valence electrons. The van der Waals surface area contributed by atoms with Gasteiger partial charge in [0.25, 0.3) is 10.0 Å². The summed E-state index contributed by atoms with van der Waals surface area (Å²) in [6.07, 6.45) is 0.730. The third-order valence-corrected chi connectivity index (χ3v) is 10.3. The van der Waals surface area contributed by atoms with Crippen molar-refractivity contribution in [2.24, 2.45) is 5.92 Å². The Kier molecular flexibility index (Phi) is 6.90. The normalized spacial score (nSPS) is 16.7. The highest BCUT2D eigenvalue weighted by atomic mass is 35.5. The lowest BCUT2D eigenvalue weighted by atomic mass is 9.97. The van der Waals surface area contributed by atoms with E-state index in [2.05, 4.69) is 5.32 Å². The molecular weight excluding hydrogens is 470 g/mol. The molecule has 2 aromatic rings. The number of nitrogens with one attached hydrogen (secondary N) is 1. The standard InChI is InChI=1S/C18H22ClN3O5S3/c1-21(2)29(24,25)14-5-6-15(19)16(12-14)20-18(23)13-7-9-22(10-8-13)30(26,27)17-4-3-11-28-17/h3-6,11-13H,7-10H2,1-2H3,(H,20,23). The van der Waals surface area contributed by atoms with Crippen LogP contribution in [0.1, 0.15) is 12.8 Å². The zero-order valence-electron chi connectivity index (χ0n) is 16.4. The number of piperidine rings is 1. The minimum atomic E-state index is -3.67. The van der Waals surface area contributed by atoms with Gasteiger partial charge in [-0.05, 0) is 42.5 Å². The Bertz CT molecular complexity index is 1120. The first-order valence-corrected chi connectivity index (χ1v) is 13.2. The second-order valence-electron chi connectivity index (χ2n) is 7.03. The summed E-state index contributed by atoms with van der Waals surface area (Å²) in [6, 6.07) is 7.37. The predicted molar refractivity (Wildman–Crippen MR) is 117 cm³/mol. The lowest BCUT2D eigenvalue weighted by molar-refractivity contribution is -0.120. The van der Waals surface area contributed by atoms with Gasteiger partial charge in [-0.25, -0.2) is 21.1 Å². The van der Waals surface area contributed by atoms with Crippen molar-refractivity contribution in [2.45, 2.75) is 21.9 Å². The first-order valence-electron chi connectivity index (χ1n) is 9.10. The van der Waals surface area contributed by atoms with E-state index in [1.807, 2.05) is 0 Å². The van der Waals surface area contributed by atoms with Crippen LogP contribution in [0.4, 0.5) is 5.69 Å². The first-order chi connectivity index (χ1) is 14.0. The van der Waals surface area contributed by atoms with Crippen molar-refractivity contribution in [2.75, 3.05) is 32.5 Å². The molecule has 1 aromatic heterocycles. The largest absolute Gasteiger partial charge is 0.324 e. The molecule has 1 N–H and O–H groups in total. The third-order valence-electron chi connectivity index (χ3n) is 4.89. The van der Waals surface area contributed by atoms with Gasteiger partial charge >= 0.3 is 0 Å². The molecule has 1 amide bonds. The van der Waals surface area contributed by atoms with Crippen LogP contribution in [0.25, 0.3) is 0 Å². The summed E-state index contributed by atoms with van der Waals surface area (Å²) >= 11 is 7.30. The van der Waals surface area contributed by atoms with Gasteiger partial charge in [-0.1, -0.05) is 17.7 Å². The molecule has 0 bridgehead atoms. The molecule has 0 saturated carbocycles. The summed E-state index contributed by atoms with van der Waals surface area (Å²) in [5, 5.41) is 4.62. The van der Waals surface area contributed by atoms with Gasteiger partial charge in [-0.15, -0.1) is 11.3 Å². The molecular formula is C18H22ClN3O5S3. The summed E-state index contributed by atoms with van der Waals surface area (Å²) < 4.78 is 52.6. The molecule has 3 rings (SSSR count). The molecule has 1 aliphatic rings. The molecule has 1 aromatic carbocycles. The van der Waals surface area contributed by atoms with E-state index >= 15 is 0 Å². The van der Waals surface area contributed by atoms with Gasteiger partial charge < -0.3 is 5.32 Å². The van der Waals surface area contributed by atoms with Crippen LogP contribution in [0, 0.1) is 5.92 Å². The summed E-state index contributed by atoms with van der Waals surface area (Å²) in [5.74, 6) is -0.713. The van der Waals surface area contributed by atoms with Crippen molar-refractivity contribution in [1.82, 2.24) is 8.61 Å². The molecule has 1 aliphatic heterocycles. The van der Waals surface area contributed by atoms with Gasteiger partial charge in [0.05, 0.1) is 15.6 Å². The van der Waals surface area contributed by atoms with E-state index in [0.29, 0.717) is 12.8 Å². The Morgan fingerprint density at radius 3 is 2.40 bits per heavy atom. The number of rotatable bonds is 6. The van der Waals surface area contributed by atoms with Crippen LogP contribution in [0.3, 0.4) is 0 Å². The topological polar surface area (TPSA) is 104 Å². The average molecular weight is 492 g/mol. The molecule has 0 radical (unpaired) electrons. The average Bonchev–Trinajstić information content (AvgIpc) is 3.25. The van der Waals surface area contributed by atoms with Gasteiger partial charge in [-0.2, -0.15) is 4.31 Å². The van der Waals surface area contributed by atoms with E-state index in [9.17, 15) is 21.6 Å². The molecule has 12 heteroatoms. The Hall–Kier alpha value is -1.50. The Balaban J connectivity index is 1.68. The number of nitrogens with zero attached hydrogens (tertiary/aromatic N) is 2. The Labute approximate surface area is 185 Å². The predicted octanol–water partition coefficient (Wildman–Crippen LogP) is 2.69. The van der Waals surface area contributed by atoms with E-state index < -0.39 is 26.0 Å². The minimum Gasteiger partial charge on any atom is -0.324 e. The highest BCUT2D eigenvalue weighted by Crippen LogP contribution is 2.30. The number of sulfonamides is 2. The zero-order valence-corrected chi connectivity index (χ0v) is 19.6. The summed E-state index contributed by atoms with van der Waals surface area (Å²) in [4.78, 5) is 12.7. The quantitative estimate of drug-likeness (QED) is 0.669. The summed E-state index contributed by atoms with van der Waals surface area (Å²) in [7, 11) is -4.37. The number of carbonyl (C=O) groups excluding carboxylic acids is 1. The molecule has 0 atom stereocenters. The van der Waals surface area contributed by atoms with Crippen LogP contribution < -0.4 is 5.32 Å². The van der Waals surface area contributed by atoms with Gasteiger partial charge in [0.1, 0.15) is 4.21 Å². The van der Waals surface area contributed by atoms with E-state index in [1.165, 1.54) is 36.6 Å². The van der Waals surface area contributed by atoms with E-state index in [1.54, 1.807) is 17.5 Å². The van der Waals surface area contributed by atoms with Gasteiger partial charge in [0.15, 0.2) is 0 Å². The molecule has 0 unspecified atom stereocenters. The lowest BCUT2D eigenvalue weighted by Gasteiger charge is -2.30. The SMILES string of the molecule is CN(C)S(=O)(=O)c1ccc(Cl)c(NC(=O)C2CCN(S(=O)(=O)c3cccs3)CC2)c1. The molecule has 0 spiro atoms. The fourth-order valence-corrected chi connectivity index (χ4v) is 6.81. The number of benzene rings is 1. The van der Waals surface area contributed by atoms with Crippen molar-refractivity contribution >= 4 is 54.6 Å². The second-order valence-corrected chi connectivity index (χ2v) is 12.7. The van der Waals surface area contributed by atoms with Crippen LogP contribution in [0.5, 0.6) is 0 Å². The fraction of sp³-hybridized carbons (Fsp3) is 0.389. The number of anilines is 1. The van der Waals surface area contributed by atoms with Crippen LogP contribution in [0.2, 0.25) is 5.02 Å². The first kappa shape index (κ1) is 23.2. The lowest BCUT2D eigenvalue weighted by Crippen LogP contribution is -2.41. The van der Waals surface area contributed by atoms with E-state index in [-0.39, 0.29) is 38.8 Å². The smallest absolute Gasteiger partial charge is 0.252 e. The zero-order chi connectivity index (χ0) is 22.1. The maximum absolute atomic E-state index is 12.7. The highest BCUT2D eigenvalue weighted by molar-refractivity contribution is 7.91. The third kappa shape index (κ3) is 4.71. The Morgan fingerprint density at radius 2 is 1.83 bits per heavy atom. The summed E-state index contributed by atoms with van der Waals surface area (Å²) in [5.41, 5.74) is 0.207. The number of amides is 1. The molecule has 8 nitrogen and oxygen atoms in total. The number of thiophene rings is 1. The van der Waals surface area contributed by atoms with Gasteiger partial charge in [0, 0.05) is 33.1 Å². The fourth-order valence-electron chi connectivity index (χ4n) is 3.10. The summed E-state index contributed by atoms with van der Waals surface area (Å²) in [6.45, 7) is 0.474. The van der Waals surface area contributed by atoms with Crippen LogP contribution >= 0.6 is 22.9 Å². The molecule has 30 heavy (non-hydrogen) atoms. The van der Waals surface area contributed by atoms with Crippen molar-refractivity contribution in [3.8, 4) is 0 Å². The van der Waals surface area contributed by atoms with Crippen molar-refractivity contribution in [1.29, 1.82) is 0 Å².